The Bertz CT molecular complexity index is 1450. The topological polar surface area (TPSA) is 115 Å². The third kappa shape index (κ3) is 8.05. The largest absolute Gasteiger partial charge is 0.417 e. The molecule has 1 aromatic heterocycles. The van der Waals surface area contributed by atoms with Crippen LogP contribution in [0, 0.1) is 0 Å². The molecule has 13 heteroatoms. The Labute approximate surface area is 245 Å². The second kappa shape index (κ2) is 13.3. The quantitative estimate of drug-likeness (QED) is 0.296. The van der Waals surface area contributed by atoms with E-state index in [0.717, 1.165) is 23.3 Å². The number of aromatic nitrogens is 1. The van der Waals surface area contributed by atoms with Gasteiger partial charge in [-0.05, 0) is 62.5 Å². The summed E-state index contributed by atoms with van der Waals surface area (Å²) in [7, 11) is 3.84. The minimum absolute atomic E-state index is 0.0307. The van der Waals surface area contributed by atoms with Crippen LogP contribution in [0.4, 0.5) is 18.9 Å². The Kier molecular flexibility index (Phi) is 9.81. The third-order valence-corrected chi connectivity index (χ3v) is 6.98. The van der Waals surface area contributed by atoms with Crippen molar-refractivity contribution in [1.82, 2.24) is 25.8 Å². The lowest BCUT2D eigenvalue weighted by Crippen LogP contribution is -2.36. The maximum Gasteiger partial charge on any atom is 0.417 e. The highest BCUT2D eigenvalue weighted by Gasteiger charge is 2.34. The predicted molar refractivity (Wildman–Crippen MR) is 153 cm³/mol. The van der Waals surface area contributed by atoms with E-state index < -0.39 is 28.7 Å². The van der Waals surface area contributed by atoms with Crippen LogP contribution in [0.3, 0.4) is 0 Å². The van der Waals surface area contributed by atoms with Crippen LogP contribution in [0.2, 0.25) is 5.02 Å². The van der Waals surface area contributed by atoms with E-state index in [9.17, 15) is 27.6 Å². The second-order valence-corrected chi connectivity index (χ2v) is 10.6. The number of halogens is 4. The summed E-state index contributed by atoms with van der Waals surface area (Å²) in [4.78, 5) is 44.1. The lowest BCUT2D eigenvalue weighted by molar-refractivity contribution is -0.137. The van der Waals surface area contributed by atoms with Crippen molar-refractivity contribution in [2.75, 3.05) is 39.0 Å². The minimum Gasteiger partial charge on any atom is -0.351 e. The van der Waals surface area contributed by atoms with Crippen LogP contribution in [0.5, 0.6) is 0 Å². The van der Waals surface area contributed by atoms with Gasteiger partial charge < -0.3 is 26.2 Å². The van der Waals surface area contributed by atoms with E-state index in [1.807, 2.05) is 19.0 Å². The average Bonchev–Trinajstić information content (AvgIpc) is 3.42. The van der Waals surface area contributed by atoms with Crippen LogP contribution < -0.4 is 21.3 Å². The number of likely N-dealkylation sites (N-methyl/N-ethyl adjacent to an activating group) is 1. The van der Waals surface area contributed by atoms with E-state index in [0.29, 0.717) is 30.8 Å². The number of anilines is 1. The van der Waals surface area contributed by atoms with Crippen LogP contribution >= 0.6 is 11.6 Å². The van der Waals surface area contributed by atoms with Crippen molar-refractivity contribution in [1.29, 1.82) is 0 Å². The maximum atomic E-state index is 13.1. The van der Waals surface area contributed by atoms with Gasteiger partial charge in [-0.3, -0.25) is 19.4 Å². The molecule has 0 bridgehead atoms. The molecule has 1 aliphatic rings. The molecule has 1 saturated heterocycles. The van der Waals surface area contributed by atoms with Gasteiger partial charge in [-0.25, -0.2) is 0 Å². The van der Waals surface area contributed by atoms with Gasteiger partial charge in [-0.15, -0.1) is 0 Å². The van der Waals surface area contributed by atoms with E-state index >= 15 is 0 Å². The fraction of sp³-hybridized carbons (Fsp3) is 0.310. The van der Waals surface area contributed by atoms with Crippen molar-refractivity contribution in [3.63, 3.8) is 0 Å². The van der Waals surface area contributed by atoms with E-state index in [-0.39, 0.29) is 30.0 Å². The summed E-state index contributed by atoms with van der Waals surface area (Å²) in [6.45, 7) is 1.53. The van der Waals surface area contributed by atoms with Crippen LogP contribution in [-0.4, -0.2) is 73.4 Å². The van der Waals surface area contributed by atoms with Crippen LogP contribution in [0.25, 0.3) is 11.1 Å². The summed E-state index contributed by atoms with van der Waals surface area (Å²) >= 11 is 5.64. The van der Waals surface area contributed by atoms with Crippen LogP contribution in [-0.2, 0) is 11.0 Å². The van der Waals surface area contributed by atoms with Gasteiger partial charge in [0, 0.05) is 54.9 Å². The van der Waals surface area contributed by atoms with Crippen molar-refractivity contribution >= 4 is 35.0 Å². The lowest BCUT2D eigenvalue weighted by Gasteiger charge is -2.15. The minimum atomic E-state index is -4.65. The molecule has 2 heterocycles. The van der Waals surface area contributed by atoms with Crippen molar-refractivity contribution in [2.24, 2.45) is 0 Å². The van der Waals surface area contributed by atoms with Crippen molar-refractivity contribution < 1.29 is 27.6 Å². The molecule has 1 aliphatic heterocycles. The number of carbonyl (C=O) groups excluding carboxylic acids is 3. The molecule has 2 atom stereocenters. The first-order valence-electron chi connectivity index (χ1n) is 13.1. The van der Waals surface area contributed by atoms with Gasteiger partial charge in [0.25, 0.3) is 11.8 Å². The number of alkyl halides is 3. The van der Waals surface area contributed by atoms with Gasteiger partial charge in [0.05, 0.1) is 22.2 Å². The fourth-order valence-electron chi connectivity index (χ4n) is 4.39. The number of benzene rings is 2. The molecule has 0 saturated carbocycles. The fourth-order valence-corrected chi connectivity index (χ4v) is 4.62. The second-order valence-electron chi connectivity index (χ2n) is 10.1. The van der Waals surface area contributed by atoms with E-state index in [2.05, 4.69) is 26.3 Å². The Hall–Kier alpha value is -4.00. The normalized spacial score (nSPS) is 16.7. The molecule has 42 heavy (non-hydrogen) atoms. The van der Waals surface area contributed by atoms with Gasteiger partial charge in [-0.1, -0.05) is 23.7 Å². The number of pyridine rings is 1. The zero-order valence-electron chi connectivity index (χ0n) is 22.9. The molecule has 9 nitrogen and oxygen atoms in total. The molecule has 3 aromatic rings. The smallest absolute Gasteiger partial charge is 0.351 e. The maximum absolute atomic E-state index is 13.1. The van der Waals surface area contributed by atoms with Crippen molar-refractivity contribution in [3.05, 3.63) is 82.6 Å². The number of rotatable bonds is 9. The summed E-state index contributed by atoms with van der Waals surface area (Å²) < 4.78 is 39.4. The summed E-state index contributed by atoms with van der Waals surface area (Å²) in [6.07, 6.45) is -1.27. The van der Waals surface area contributed by atoms with Crippen molar-refractivity contribution in [2.45, 2.75) is 24.7 Å². The molecule has 2 aromatic carbocycles. The SMILES string of the molecule is CN(C)CCNC(=O)c1cncc(-c2ccc(C(=O)N[C@H]3CN[C@@H](C(=O)Nc4ccc(Cl)c(C(F)(F)F)c4)C3)cc2)c1. The number of nitrogens with zero attached hydrogens (tertiary/aromatic N) is 2. The summed E-state index contributed by atoms with van der Waals surface area (Å²) in [5.41, 5.74) is 1.26. The van der Waals surface area contributed by atoms with Crippen LogP contribution in [0.15, 0.2) is 60.9 Å². The number of hydrogen-bond donors (Lipinski definition) is 4. The first kappa shape index (κ1) is 30.9. The number of amides is 3. The molecule has 4 N–H and O–H groups in total. The number of nitrogens with one attached hydrogen (secondary N) is 4. The van der Waals surface area contributed by atoms with Gasteiger partial charge in [0.1, 0.15) is 0 Å². The van der Waals surface area contributed by atoms with E-state index in [1.54, 1.807) is 36.5 Å². The Balaban J connectivity index is 1.31. The lowest BCUT2D eigenvalue weighted by atomic mass is 10.0. The summed E-state index contributed by atoms with van der Waals surface area (Å²) in [5.74, 6) is -1.08. The zero-order valence-corrected chi connectivity index (χ0v) is 23.6. The predicted octanol–water partition coefficient (Wildman–Crippen LogP) is 3.81. The molecule has 0 unspecified atom stereocenters. The molecular weight excluding hydrogens is 573 g/mol. The Morgan fingerprint density at radius 1 is 1.00 bits per heavy atom. The standard InChI is InChI=1S/C29H30ClF3N6O3/c1-39(2)10-9-35-26(40)20-11-19(14-34-15-20)17-3-5-18(6-4-17)27(41)38-22-13-25(36-16-22)28(42)37-21-7-8-24(30)23(12-21)29(31,32)33/h3-8,11-12,14-15,22,25,36H,9-10,13,16H2,1-2H3,(H,35,40)(H,37,42)(H,38,41)/t22-,25-/m1/s1. The molecular formula is C29H30ClF3N6O3. The van der Waals surface area contributed by atoms with Gasteiger partial charge in [0.15, 0.2) is 0 Å². The highest BCUT2D eigenvalue weighted by Crippen LogP contribution is 2.36. The molecule has 4 rings (SSSR count). The first-order chi connectivity index (χ1) is 19.9. The Morgan fingerprint density at radius 2 is 1.74 bits per heavy atom. The summed E-state index contributed by atoms with van der Waals surface area (Å²) in [6, 6.07) is 10.6. The molecule has 0 spiro atoms. The summed E-state index contributed by atoms with van der Waals surface area (Å²) in [5, 5.41) is 10.7. The van der Waals surface area contributed by atoms with E-state index in [4.69, 9.17) is 11.6 Å². The third-order valence-electron chi connectivity index (χ3n) is 6.65. The Morgan fingerprint density at radius 3 is 2.43 bits per heavy atom. The van der Waals surface area contributed by atoms with Gasteiger partial charge >= 0.3 is 6.18 Å². The zero-order chi connectivity index (χ0) is 30.4. The van der Waals surface area contributed by atoms with Gasteiger partial charge in [0.2, 0.25) is 5.91 Å². The van der Waals surface area contributed by atoms with E-state index in [1.165, 1.54) is 12.3 Å². The number of hydrogen-bond acceptors (Lipinski definition) is 6. The first-order valence-corrected chi connectivity index (χ1v) is 13.5. The van der Waals surface area contributed by atoms with Gasteiger partial charge in [-0.2, -0.15) is 13.2 Å². The molecule has 3 amide bonds. The molecule has 0 aliphatic carbocycles. The van der Waals surface area contributed by atoms with Crippen LogP contribution in [0.1, 0.15) is 32.7 Å². The van der Waals surface area contributed by atoms with Crippen molar-refractivity contribution in [3.8, 4) is 11.1 Å². The molecule has 0 radical (unpaired) electrons. The number of carbonyl (C=O) groups is 3. The molecule has 222 valence electrons. The highest BCUT2D eigenvalue weighted by molar-refractivity contribution is 6.31. The molecule has 1 fully saturated rings. The highest BCUT2D eigenvalue weighted by atomic mass is 35.5. The average molecular weight is 603 g/mol. The monoisotopic (exact) mass is 602 g/mol.